The van der Waals surface area contributed by atoms with Crippen molar-refractivity contribution in [3.63, 3.8) is 0 Å². The molecule has 104 valence electrons. The average molecular weight is 256 g/mol. The first-order valence-corrected chi connectivity index (χ1v) is 6.71. The van der Waals surface area contributed by atoms with Gasteiger partial charge in [-0.15, -0.1) is 0 Å². The van der Waals surface area contributed by atoms with Crippen LogP contribution in [0.25, 0.3) is 0 Å². The van der Waals surface area contributed by atoms with Crippen LogP contribution in [-0.4, -0.2) is 47.9 Å². The van der Waals surface area contributed by atoms with E-state index < -0.39 is 5.60 Å². The molecule has 2 rings (SSSR count). The zero-order valence-corrected chi connectivity index (χ0v) is 11.5. The highest BCUT2D eigenvalue weighted by Crippen LogP contribution is 2.28. The van der Waals surface area contributed by atoms with Gasteiger partial charge in [-0.1, -0.05) is 0 Å². The number of amides is 1. The van der Waals surface area contributed by atoms with Gasteiger partial charge in [0.2, 0.25) is 0 Å². The Kier molecular flexibility index (Phi) is 3.82. The third kappa shape index (κ3) is 3.14. The van der Waals surface area contributed by atoms with Crippen LogP contribution in [0.1, 0.15) is 40.0 Å². The third-order valence-electron chi connectivity index (χ3n) is 3.46. The van der Waals surface area contributed by atoms with Gasteiger partial charge in [0.25, 0.3) is 0 Å². The maximum Gasteiger partial charge on any atom is 0.410 e. The molecule has 1 saturated carbocycles. The van der Waals surface area contributed by atoms with E-state index in [1.807, 2.05) is 25.7 Å². The van der Waals surface area contributed by atoms with Gasteiger partial charge in [0.05, 0.1) is 19.3 Å². The highest BCUT2D eigenvalue weighted by Gasteiger charge is 2.40. The molecule has 18 heavy (non-hydrogen) atoms. The summed E-state index contributed by atoms with van der Waals surface area (Å²) < 4.78 is 10.7. The molecular weight excluding hydrogens is 232 g/mol. The Morgan fingerprint density at radius 1 is 1.28 bits per heavy atom. The van der Waals surface area contributed by atoms with Crippen LogP contribution >= 0.6 is 0 Å². The molecule has 2 aliphatic rings. The lowest BCUT2D eigenvalue weighted by Crippen LogP contribution is -2.56. The van der Waals surface area contributed by atoms with Crippen molar-refractivity contribution in [2.75, 3.05) is 13.2 Å². The van der Waals surface area contributed by atoms with Crippen molar-refractivity contribution in [2.45, 2.75) is 63.8 Å². The Labute approximate surface area is 109 Å². The van der Waals surface area contributed by atoms with Crippen LogP contribution in [0.5, 0.6) is 0 Å². The fourth-order valence-corrected chi connectivity index (χ4v) is 2.54. The first-order chi connectivity index (χ1) is 8.37. The molecule has 0 bridgehead atoms. The van der Waals surface area contributed by atoms with E-state index >= 15 is 0 Å². The quantitative estimate of drug-likeness (QED) is 0.813. The van der Waals surface area contributed by atoms with E-state index in [0.29, 0.717) is 13.2 Å². The van der Waals surface area contributed by atoms with Gasteiger partial charge in [-0.3, -0.25) is 4.90 Å². The van der Waals surface area contributed by atoms with Crippen molar-refractivity contribution in [1.82, 2.24) is 4.90 Å². The molecular formula is C13H24N2O3. The lowest BCUT2D eigenvalue weighted by atomic mass is 10.1. The van der Waals surface area contributed by atoms with E-state index in [1.54, 1.807) is 0 Å². The molecule has 0 aromatic carbocycles. The number of carbonyl (C=O) groups is 1. The minimum absolute atomic E-state index is 0.162. The topological polar surface area (TPSA) is 64.8 Å². The zero-order valence-electron chi connectivity index (χ0n) is 11.5. The van der Waals surface area contributed by atoms with Crippen molar-refractivity contribution in [3.8, 4) is 0 Å². The Bertz CT molecular complexity index is 310. The fraction of sp³-hybridized carbons (Fsp3) is 0.923. The number of hydrogen-bond donors (Lipinski definition) is 1. The fourth-order valence-electron chi connectivity index (χ4n) is 2.54. The van der Waals surface area contributed by atoms with Crippen LogP contribution in [0, 0.1) is 0 Å². The normalized spacial score (nSPS) is 28.9. The summed E-state index contributed by atoms with van der Waals surface area (Å²) in [7, 11) is 0. The first kappa shape index (κ1) is 13.6. The third-order valence-corrected chi connectivity index (χ3v) is 3.46. The zero-order chi connectivity index (χ0) is 13.3. The van der Waals surface area contributed by atoms with Crippen LogP contribution in [0.4, 0.5) is 4.79 Å². The summed E-state index contributed by atoms with van der Waals surface area (Å²) in [6.45, 7) is 6.90. The standard InChI is InChI=1S/C13H24N2O3/c1-13(2,3)18-12(16)15(11-7-17-8-11)10-5-4-9(14)6-10/h9-11H,4-8,14H2,1-3H3. The number of nitrogens with zero attached hydrogens (tertiary/aromatic N) is 1. The van der Waals surface area contributed by atoms with Gasteiger partial charge >= 0.3 is 6.09 Å². The predicted octanol–water partition coefficient (Wildman–Crippen LogP) is 1.50. The van der Waals surface area contributed by atoms with Gasteiger partial charge in [-0.05, 0) is 40.0 Å². The molecule has 0 aromatic heterocycles. The molecule has 5 heteroatoms. The van der Waals surface area contributed by atoms with E-state index in [0.717, 1.165) is 19.3 Å². The maximum atomic E-state index is 12.3. The van der Waals surface area contributed by atoms with Crippen molar-refractivity contribution < 1.29 is 14.3 Å². The molecule has 0 radical (unpaired) electrons. The summed E-state index contributed by atoms with van der Waals surface area (Å²) in [5, 5.41) is 0. The molecule has 1 heterocycles. The van der Waals surface area contributed by atoms with E-state index in [4.69, 9.17) is 15.2 Å². The highest BCUT2D eigenvalue weighted by molar-refractivity contribution is 5.69. The summed E-state index contributed by atoms with van der Waals surface area (Å²) in [5.74, 6) is 0. The van der Waals surface area contributed by atoms with Crippen molar-refractivity contribution in [3.05, 3.63) is 0 Å². The lowest BCUT2D eigenvalue weighted by molar-refractivity contribution is -0.0821. The molecule has 1 aliphatic heterocycles. The molecule has 2 N–H and O–H groups in total. The monoisotopic (exact) mass is 256 g/mol. The Balaban J connectivity index is 2.02. The van der Waals surface area contributed by atoms with Gasteiger partial charge in [-0.2, -0.15) is 0 Å². The SMILES string of the molecule is CC(C)(C)OC(=O)N(C1COC1)C1CCC(N)C1. The summed E-state index contributed by atoms with van der Waals surface area (Å²) in [4.78, 5) is 14.2. The van der Waals surface area contributed by atoms with Crippen LogP contribution < -0.4 is 5.73 Å². The van der Waals surface area contributed by atoms with Gasteiger partial charge in [0.1, 0.15) is 5.60 Å². The summed E-state index contributed by atoms with van der Waals surface area (Å²) in [6.07, 6.45) is 2.60. The number of nitrogens with two attached hydrogens (primary N) is 1. The largest absolute Gasteiger partial charge is 0.444 e. The van der Waals surface area contributed by atoms with Gasteiger partial charge in [-0.25, -0.2) is 4.79 Å². The Hall–Kier alpha value is -0.810. The molecule has 2 atom stereocenters. The first-order valence-electron chi connectivity index (χ1n) is 6.71. The minimum atomic E-state index is -0.458. The summed E-state index contributed by atoms with van der Waals surface area (Å²) >= 11 is 0. The van der Waals surface area contributed by atoms with Crippen LogP contribution in [0.3, 0.4) is 0 Å². The smallest absolute Gasteiger partial charge is 0.410 e. The molecule has 5 nitrogen and oxygen atoms in total. The van der Waals surface area contributed by atoms with Gasteiger partial charge in [0, 0.05) is 12.1 Å². The van der Waals surface area contributed by atoms with Crippen LogP contribution in [-0.2, 0) is 9.47 Å². The molecule has 0 aromatic rings. The average Bonchev–Trinajstić information content (AvgIpc) is 2.54. The van der Waals surface area contributed by atoms with E-state index in [9.17, 15) is 4.79 Å². The summed E-state index contributed by atoms with van der Waals surface area (Å²) in [6, 6.07) is 0.583. The maximum absolute atomic E-state index is 12.3. The van der Waals surface area contributed by atoms with E-state index in [-0.39, 0.29) is 24.2 Å². The second-order valence-electron chi connectivity index (χ2n) is 6.31. The molecule has 2 fully saturated rings. The molecule has 2 unspecified atom stereocenters. The number of ether oxygens (including phenoxy) is 2. The Morgan fingerprint density at radius 2 is 1.94 bits per heavy atom. The Morgan fingerprint density at radius 3 is 2.33 bits per heavy atom. The van der Waals surface area contributed by atoms with E-state index in [1.165, 1.54) is 0 Å². The van der Waals surface area contributed by atoms with Gasteiger partial charge < -0.3 is 15.2 Å². The molecule has 1 amide bonds. The van der Waals surface area contributed by atoms with Crippen LogP contribution in [0.15, 0.2) is 0 Å². The number of hydrogen-bond acceptors (Lipinski definition) is 4. The predicted molar refractivity (Wildman–Crippen MR) is 68.3 cm³/mol. The molecule has 0 spiro atoms. The van der Waals surface area contributed by atoms with Crippen molar-refractivity contribution in [2.24, 2.45) is 5.73 Å². The highest BCUT2D eigenvalue weighted by atomic mass is 16.6. The minimum Gasteiger partial charge on any atom is -0.444 e. The van der Waals surface area contributed by atoms with Crippen LogP contribution in [0.2, 0.25) is 0 Å². The lowest BCUT2D eigenvalue weighted by Gasteiger charge is -2.41. The van der Waals surface area contributed by atoms with E-state index in [2.05, 4.69) is 0 Å². The van der Waals surface area contributed by atoms with Gasteiger partial charge in [0.15, 0.2) is 0 Å². The second kappa shape index (κ2) is 5.05. The second-order valence-corrected chi connectivity index (χ2v) is 6.31. The summed E-state index contributed by atoms with van der Waals surface area (Å²) in [5.41, 5.74) is 5.48. The molecule has 1 saturated heterocycles. The van der Waals surface area contributed by atoms with Crippen molar-refractivity contribution in [1.29, 1.82) is 0 Å². The number of rotatable bonds is 2. The number of carbonyl (C=O) groups excluding carboxylic acids is 1. The molecule has 1 aliphatic carbocycles. The van der Waals surface area contributed by atoms with Crippen molar-refractivity contribution >= 4 is 6.09 Å².